The van der Waals surface area contributed by atoms with Crippen LogP contribution in [0.1, 0.15) is 13.3 Å². The van der Waals surface area contributed by atoms with Crippen molar-refractivity contribution in [3.63, 3.8) is 0 Å². The van der Waals surface area contributed by atoms with Crippen LogP contribution in [0.4, 0.5) is 11.6 Å². The van der Waals surface area contributed by atoms with E-state index in [0.29, 0.717) is 5.82 Å². The Balaban J connectivity index is 1.38. The van der Waals surface area contributed by atoms with Crippen LogP contribution in [0.5, 0.6) is 0 Å². The van der Waals surface area contributed by atoms with Gasteiger partial charge in [-0.25, -0.2) is 15.0 Å². The smallest absolute Gasteiger partial charge is 0.206 e. The van der Waals surface area contributed by atoms with Gasteiger partial charge in [0, 0.05) is 38.1 Å². The second kappa shape index (κ2) is 6.25. The van der Waals surface area contributed by atoms with Crippen LogP contribution in [-0.2, 0) is 0 Å². The third-order valence-electron chi connectivity index (χ3n) is 5.59. The number of H-pyrrole nitrogens is 2. The summed E-state index contributed by atoms with van der Waals surface area (Å²) < 4.78 is 0. The molecule has 5 rings (SSSR count). The van der Waals surface area contributed by atoms with Gasteiger partial charge in [0.2, 0.25) is 5.82 Å². The molecule has 28 heavy (non-hydrogen) atoms. The number of anilines is 2. The Labute approximate surface area is 161 Å². The molecule has 0 saturated carbocycles. The Hall–Kier alpha value is -3.56. The molecule has 0 spiro atoms. The van der Waals surface area contributed by atoms with E-state index in [-0.39, 0.29) is 5.54 Å². The van der Waals surface area contributed by atoms with Crippen LogP contribution in [0.15, 0.2) is 36.9 Å². The lowest BCUT2D eigenvalue weighted by atomic mass is 9.99. The maximum Gasteiger partial charge on any atom is 0.206 e. The topological polar surface area (TPSA) is 115 Å². The average Bonchev–Trinajstić information content (AvgIpc) is 3.48. The van der Waals surface area contributed by atoms with Crippen molar-refractivity contribution in [2.45, 2.75) is 18.9 Å². The Kier molecular flexibility index (Phi) is 3.71. The van der Waals surface area contributed by atoms with Crippen molar-refractivity contribution in [3.05, 3.63) is 36.9 Å². The number of nitrogens with one attached hydrogen (secondary N) is 2. The molecule has 4 aromatic heterocycles. The number of aromatic amines is 2. The van der Waals surface area contributed by atoms with Gasteiger partial charge in [-0.15, -0.1) is 10.2 Å². The largest absolute Gasteiger partial charge is 0.354 e. The Bertz CT molecular complexity index is 1090. The first-order chi connectivity index (χ1) is 13.6. The number of nitrogens with zero attached hydrogens (tertiary/aromatic N) is 8. The maximum absolute atomic E-state index is 4.62. The summed E-state index contributed by atoms with van der Waals surface area (Å²) in [4.78, 5) is 21.2. The molecule has 2 N–H and O–H groups in total. The van der Waals surface area contributed by atoms with Crippen molar-refractivity contribution in [2.24, 2.45) is 0 Å². The van der Waals surface area contributed by atoms with E-state index < -0.39 is 0 Å². The van der Waals surface area contributed by atoms with E-state index in [1.807, 2.05) is 24.4 Å². The molecule has 1 saturated heterocycles. The van der Waals surface area contributed by atoms with Crippen LogP contribution in [0, 0.1) is 0 Å². The van der Waals surface area contributed by atoms with Crippen LogP contribution in [0.3, 0.4) is 0 Å². The SMILES string of the molecule is CN(c1ccc(-c2nn[nH]n2)cn1)C1(C)CCN(c2ncnc3[nH]ccc23)C1. The summed E-state index contributed by atoms with van der Waals surface area (Å²) in [5.41, 5.74) is 1.64. The van der Waals surface area contributed by atoms with Gasteiger partial charge in [0.1, 0.15) is 23.6 Å². The first kappa shape index (κ1) is 16.6. The molecule has 142 valence electrons. The van der Waals surface area contributed by atoms with E-state index in [4.69, 9.17) is 0 Å². The lowest BCUT2D eigenvalue weighted by molar-refractivity contribution is 0.487. The van der Waals surface area contributed by atoms with Gasteiger partial charge in [-0.05, 0) is 36.8 Å². The fourth-order valence-electron chi connectivity index (χ4n) is 3.79. The first-order valence-electron chi connectivity index (χ1n) is 9.11. The fourth-order valence-corrected chi connectivity index (χ4v) is 3.79. The number of rotatable bonds is 4. The second-order valence-corrected chi connectivity index (χ2v) is 7.31. The number of tetrazole rings is 1. The van der Waals surface area contributed by atoms with Crippen LogP contribution >= 0.6 is 0 Å². The van der Waals surface area contributed by atoms with E-state index >= 15 is 0 Å². The summed E-state index contributed by atoms with van der Waals surface area (Å²) in [6.07, 6.45) is 6.30. The van der Waals surface area contributed by atoms with Gasteiger partial charge < -0.3 is 14.8 Å². The van der Waals surface area contributed by atoms with Crippen LogP contribution in [-0.4, -0.2) is 66.2 Å². The summed E-state index contributed by atoms with van der Waals surface area (Å²) in [5.74, 6) is 2.43. The highest BCUT2D eigenvalue weighted by molar-refractivity contribution is 5.87. The molecule has 1 atom stereocenters. The molecule has 1 aliphatic rings. The normalized spacial score (nSPS) is 19.4. The van der Waals surface area contributed by atoms with Crippen molar-refractivity contribution in [1.82, 2.24) is 40.6 Å². The second-order valence-electron chi connectivity index (χ2n) is 7.31. The molecule has 0 amide bonds. The third kappa shape index (κ3) is 2.65. The van der Waals surface area contributed by atoms with Gasteiger partial charge in [-0.1, -0.05) is 0 Å². The zero-order valence-corrected chi connectivity index (χ0v) is 15.7. The molecule has 1 unspecified atom stereocenters. The Morgan fingerprint density at radius 1 is 1.18 bits per heavy atom. The lowest BCUT2D eigenvalue weighted by Gasteiger charge is -2.36. The lowest BCUT2D eigenvalue weighted by Crippen LogP contribution is -2.46. The van der Waals surface area contributed by atoms with Gasteiger partial charge in [0.15, 0.2) is 0 Å². The Morgan fingerprint density at radius 2 is 2.11 bits per heavy atom. The summed E-state index contributed by atoms with van der Waals surface area (Å²) >= 11 is 0. The number of hydrogen-bond acceptors (Lipinski definition) is 8. The summed E-state index contributed by atoms with van der Waals surface area (Å²) in [6.45, 7) is 4.05. The molecule has 10 heteroatoms. The van der Waals surface area contributed by atoms with Crippen LogP contribution < -0.4 is 9.80 Å². The minimum Gasteiger partial charge on any atom is -0.354 e. The predicted octanol–water partition coefficient (Wildman–Crippen LogP) is 1.64. The molecule has 1 fully saturated rings. The zero-order valence-electron chi connectivity index (χ0n) is 15.7. The summed E-state index contributed by atoms with van der Waals surface area (Å²) in [6, 6.07) is 5.99. The van der Waals surface area contributed by atoms with Crippen molar-refractivity contribution in [3.8, 4) is 11.4 Å². The molecule has 0 bridgehead atoms. The van der Waals surface area contributed by atoms with Gasteiger partial charge >= 0.3 is 0 Å². The van der Waals surface area contributed by atoms with Crippen molar-refractivity contribution < 1.29 is 0 Å². The Morgan fingerprint density at radius 3 is 2.89 bits per heavy atom. The summed E-state index contributed by atoms with van der Waals surface area (Å²) in [5, 5.41) is 15.1. The van der Waals surface area contributed by atoms with Crippen molar-refractivity contribution in [1.29, 1.82) is 0 Å². The fraction of sp³-hybridized carbons (Fsp3) is 0.333. The highest BCUT2D eigenvalue weighted by Gasteiger charge is 2.39. The van der Waals surface area contributed by atoms with E-state index in [9.17, 15) is 0 Å². The maximum atomic E-state index is 4.62. The average molecular weight is 376 g/mol. The van der Waals surface area contributed by atoms with Gasteiger partial charge in [0.25, 0.3) is 0 Å². The minimum atomic E-state index is -0.0613. The molecule has 0 radical (unpaired) electrons. The number of pyridine rings is 1. The molecule has 0 aliphatic carbocycles. The van der Waals surface area contributed by atoms with E-state index in [2.05, 4.69) is 64.3 Å². The molecule has 4 aromatic rings. The molecular weight excluding hydrogens is 356 g/mol. The van der Waals surface area contributed by atoms with Crippen LogP contribution in [0.25, 0.3) is 22.4 Å². The highest BCUT2D eigenvalue weighted by atomic mass is 15.5. The number of fused-ring (bicyclic) bond motifs is 1. The molecule has 0 aromatic carbocycles. The number of aromatic nitrogens is 8. The monoisotopic (exact) mass is 376 g/mol. The third-order valence-corrected chi connectivity index (χ3v) is 5.59. The van der Waals surface area contributed by atoms with Crippen molar-refractivity contribution in [2.75, 3.05) is 29.9 Å². The predicted molar refractivity (Wildman–Crippen MR) is 105 cm³/mol. The molecule has 1 aliphatic heterocycles. The standard InChI is InChI=1S/C18H20N10/c1-18(27(2)14-4-3-12(9-20-14)15-23-25-26-24-15)6-8-28(10-18)17-13-5-7-19-16(13)21-11-22-17/h3-5,7,9,11H,6,8,10H2,1-2H3,(H,19,21,22)(H,23,24,25,26). The minimum absolute atomic E-state index is 0.0613. The van der Waals surface area contributed by atoms with Gasteiger partial charge in [-0.3, -0.25) is 0 Å². The number of hydrogen-bond donors (Lipinski definition) is 2. The van der Waals surface area contributed by atoms with Gasteiger partial charge in [0.05, 0.1) is 10.9 Å². The summed E-state index contributed by atoms with van der Waals surface area (Å²) in [7, 11) is 2.09. The zero-order chi connectivity index (χ0) is 19.1. The van der Waals surface area contributed by atoms with Crippen molar-refractivity contribution >= 4 is 22.7 Å². The molecular formula is C18H20N10. The van der Waals surface area contributed by atoms with E-state index in [0.717, 1.165) is 47.7 Å². The molecule has 5 heterocycles. The van der Waals surface area contributed by atoms with E-state index in [1.165, 1.54) is 0 Å². The quantitative estimate of drug-likeness (QED) is 0.552. The van der Waals surface area contributed by atoms with E-state index in [1.54, 1.807) is 12.5 Å². The van der Waals surface area contributed by atoms with Gasteiger partial charge in [-0.2, -0.15) is 5.21 Å². The first-order valence-corrected chi connectivity index (χ1v) is 9.11. The molecule has 10 nitrogen and oxygen atoms in total. The number of likely N-dealkylation sites (N-methyl/N-ethyl adjacent to an activating group) is 1. The van der Waals surface area contributed by atoms with Crippen LogP contribution in [0.2, 0.25) is 0 Å². The highest BCUT2D eigenvalue weighted by Crippen LogP contribution is 2.34.